The standard InChI is InChI=1S/C64H112N16O8/c1-53(2)29-41(30-54(3,4)75(53)81)65-47-67-49(71-51(69-47)87-45-37-61(17,18)79(85)62(19,20)38-45)73(43-33-57(9,10)77(83)58(11,12)34-43)27-25-26-28-74(44-35-59(13,14)78(84)60(15,16)36-44)50-68-48(66-42-31-55(5,6)76(82)56(7,8)32-42)70-52(72-50)88-46-39-63(21,22)80(86)64(23,24)40-46/h41-46H,25-40H2,1-24H3,(H,65,67,69,71)(H,66,68,70,72). The Balaban J connectivity index is 1.19. The van der Waals surface area contributed by atoms with Crippen molar-refractivity contribution >= 4 is 23.8 Å². The van der Waals surface area contributed by atoms with Gasteiger partial charge >= 0.3 is 12.0 Å². The predicted octanol–water partition coefficient (Wildman–Crippen LogP) is 10.9. The summed E-state index contributed by atoms with van der Waals surface area (Å²) in [6.07, 6.45) is 6.43. The summed E-state index contributed by atoms with van der Waals surface area (Å²) in [5.41, 5.74) is -8.63. The molecule has 88 heavy (non-hydrogen) atoms. The summed E-state index contributed by atoms with van der Waals surface area (Å²) < 4.78 is 13.7. The van der Waals surface area contributed by atoms with E-state index < -0.39 is 78.7 Å². The first kappa shape index (κ1) is 70.2. The van der Waals surface area contributed by atoms with Gasteiger partial charge in [0, 0.05) is 129 Å². The van der Waals surface area contributed by atoms with Gasteiger partial charge in [-0.05, 0) is 230 Å². The van der Waals surface area contributed by atoms with Crippen LogP contribution in [0.15, 0.2) is 0 Å². The summed E-state index contributed by atoms with van der Waals surface area (Å²) in [5, 5.41) is 97.2. The second-order valence-electron chi connectivity index (χ2n) is 35.0. The zero-order valence-corrected chi connectivity index (χ0v) is 58.3. The van der Waals surface area contributed by atoms with Crippen molar-refractivity contribution in [3.63, 3.8) is 0 Å². The van der Waals surface area contributed by atoms with Gasteiger partial charge < -0.3 is 29.9 Å². The fourth-order valence-electron chi connectivity index (χ4n) is 17.4. The highest BCUT2D eigenvalue weighted by molar-refractivity contribution is 5.43. The summed E-state index contributed by atoms with van der Waals surface area (Å²) >= 11 is 0. The van der Waals surface area contributed by atoms with Gasteiger partial charge in [-0.2, -0.15) is 29.9 Å². The van der Waals surface area contributed by atoms with Crippen molar-refractivity contribution < 1.29 is 40.7 Å². The first-order valence-electron chi connectivity index (χ1n) is 32.7. The Morgan fingerprint density at radius 1 is 0.330 bits per heavy atom. The van der Waals surface area contributed by atoms with Gasteiger partial charge in [0.15, 0.2) is 0 Å². The summed E-state index contributed by atoms with van der Waals surface area (Å²) in [4.78, 5) is 35.3. The second-order valence-corrected chi connectivity index (χ2v) is 35.0. The Morgan fingerprint density at radius 2 is 0.545 bits per heavy atom. The number of ether oxygens (including phenoxy) is 2. The minimum Gasteiger partial charge on any atom is -0.460 e. The number of hydroxylamine groups is 12. The van der Waals surface area contributed by atoms with Gasteiger partial charge in [0.1, 0.15) is 12.2 Å². The molecule has 6 saturated heterocycles. The molecule has 2 aromatic heterocycles. The first-order valence-corrected chi connectivity index (χ1v) is 32.7. The SMILES string of the molecule is CC1(C)CC(Nc2nc(OC3CC(C)(C)N([O])C(C)(C)C3)nc(N(CCCCN(c3nc(NC4CC(C)(C)N([O])C(C)(C)C4)nc(OC4CC(C)(C)N([O])C(C)(C)C4)n3)C3CC(C)(C)N([O])C(C)(C)C3)C3CC(C)(C)N([O])C(C)(C)C3)n2)CC(C)(C)N1[O]. The Hall–Kier alpha value is -3.66. The quantitative estimate of drug-likeness (QED) is 0.139. The average Bonchev–Trinajstić information content (AvgIpc) is 1.64. The maximum atomic E-state index is 14.1. The number of unbranched alkanes of at least 4 members (excludes halogenated alkanes) is 1. The third-order valence-electron chi connectivity index (χ3n) is 20.3. The molecule has 24 nitrogen and oxygen atoms in total. The lowest BCUT2D eigenvalue weighted by Crippen LogP contribution is -2.63. The molecule has 0 bridgehead atoms. The fraction of sp³-hybridized carbons (Fsp3) is 0.906. The van der Waals surface area contributed by atoms with Crippen LogP contribution in [0.2, 0.25) is 0 Å². The van der Waals surface area contributed by atoms with Gasteiger partial charge in [-0.3, -0.25) is 0 Å². The lowest BCUT2D eigenvalue weighted by molar-refractivity contribution is -0.297. The Bertz CT molecular complexity index is 2360. The van der Waals surface area contributed by atoms with Crippen molar-refractivity contribution in [2.75, 3.05) is 33.5 Å². The molecule has 24 heteroatoms. The van der Waals surface area contributed by atoms with Crippen LogP contribution in [0.4, 0.5) is 23.8 Å². The van der Waals surface area contributed by atoms with E-state index >= 15 is 0 Å². The minimum absolute atomic E-state index is 0.128. The van der Waals surface area contributed by atoms with Crippen molar-refractivity contribution in [3.05, 3.63) is 0 Å². The lowest BCUT2D eigenvalue weighted by atomic mass is 9.78. The van der Waals surface area contributed by atoms with E-state index in [4.69, 9.17) is 39.4 Å². The molecule has 6 aliphatic rings. The maximum absolute atomic E-state index is 14.1. The van der Waals surface area contributed by atoms with Gasteiger partial charge in [0.25, 0.3) is 0 Å². The molecule has 6 aliphatic heterocycles. The summed E-state index contributed by atoms with van der Waals surface area (Å²) in [6, 6.07) is -0.495. The predicted molar refractivity (Wildman–Crippen MR) is 334 cm³/mol. The summed E-state index contributed by atoms with van der Waals surface area (Å²) in [7, 11) is 0. The Morgan fingerprint density at radius 3 is 0.784 bits per heavy atom. The normalized spacial score (nSPS) is 27.8. The maximum Gasteiger partial charge on any atom is 0.323 e. The molecule has 0 amide bonds. The fourth-order valence-corrected chi connectivity index (χ4v) is 17.4. The molecule has 0 aromatic carbocycles. The van der Waals surface area contributed by atoms with Crippen LogP contribution < -0.4 is 29.9 Å². The smallest absolute Gasteiger partial charge is 0.323 e. The van der Waals surface area contributed by atoms with E-state index in [0.29, 0.717) is 127 Å². The number of anilines is 4. The molecule has 0 aliphatic carbocycles. The van der Waals surface area contributed by atoms with Crippen molar-refractivity contribution in [3.8, 4) is 12.0 Å². The number of aromatic nitrogens is 6. The van der Waals surface area contributed by atoms with Crippen LogP contribution in [0.3, 0.4) is 0 Å². The van der Waals surface area contributed by atoms with E-state index in [0.717, 1.165) is 0 Å². The van der Waals surface area contributed by atoms with Crippen LogP contribution in [-0.2, 0) is 31.2 Å². The minimum atomic E-state index is -0.753. The van der Waals surface area contributed by atoms with Crippen LogP contribution in [-0.4, -0.2) is 176 Å². The first-order chi connectivity index (χ1) is 39.9. The average molecular weight is 1230 g/mol. The van der Waals surface area contributed by atoms with E-state index in [1.54, 1.807) is 0 Å². The van der Waals surface area contributed by atoms with Crippen LogP contribution >= 0.6 is 0 Å². The van der Waals surface area contributed by atoms with Crippen LogP contribution in [0, 0.1) is 0 Å². The molecule has 8 heterocycles. The lowest BCUT2D eigenvalue weighted by Gasteiger charge is -2.52. The topological polar surface area (TPSA) is 265 Å². The molecule has 0 atom stereocenters. The van der Waals surface area contributed by atoms with Crippen molar-refractivity contribution in [2.24, 2.45) is 0 Å². The third kappa shape index (κ3) is 14.9. The highest BCUT2D eigenvalue weighted by atomic mass is 16.5. The largest absolute Gasteiger partial charge is 0.460 e. The van der Waals surface area contributed by atoms with Crippen molar-refractivity contribution in [2.45, 2.75) is 359 Å². The number of nitrogens with zero attached hydrogens (tertiary/aromatic N) is 14. The number of piperidine rings is 6. The number of nitrogens with one attached hydrogen (secondary N) is 2. The van der Waals surface area contributed by atoms with Gasteiger partial charge in [0.2, 0.25) is 23.8 Å². The molecular weight excluding hydrogens is 1120 g/mol. The van der Waals surface area contributed by atoms with Crippen molar-refractivity contribution in [1.29, 1.82) is 0 Å². The van der Waals surface area contributed by atoms with Gasteiger partial charge in [0.05, 0.1) is 0 Å². The van der Waals surface area contributed by atoms with Gasteiger partial charge in [-0.1, -0.05) is 0 Å². The number of hydrogen-bond donors (Lipinski definition) is 2. The molecule has 0 unspecified atom stereocenters. The zero-order chi connectivity index (χ0) is 65.9. The van der Waals surface area contributed by atoms with E-state index in [2.05, 4.69) is 20.4 Å². The zero-order valence-electron chi connectivity index (χ0n) is 58.3. The molecule has 2 aromatic rings. The molecule has 0 spiro atoms. The van der Waals surface area contributed by atoms with Crippen LogP contribution in [0.1, 0.15) is 256 Å². The highest BCUT2D eigenvalue weighted by Crippen LogP contribution is 2.46. The van der Waals surface area contributed by atoms with E-state index in [9.17, 15) is 31.2 Å². The van der Waals surface area contributed by atoms with Crippen LogP contribution in [0.25, 0.3) is 0 Å². The van der Waals surface area contributed by atoms with Crippen LogP contribution in [0.5, 0.6) is 12.0 Å². The summed E-state index contributed by atoms with van der Waals surface area (Å²) in [5.74, 6) is 1.42. The number of rotatable bonds is 17. The Kier molecular flexibility index (Phi) is 18.9. The molecular formula is C64H112N16O8. The molecule has 2 N–H and O–H groups in total. The molecule has 6 fully saturated rings. The molecule has 496 valence electrons. The van der Waals surface area contributed by atoms with E-state index in [1.165, 1.54) is 30.4 Å². The van der Waals surface area contributed by atoms with E-state index in [1.807, 2.05) is 166 Å². The molecule has 0 saturated carbocycles. The molecule has 8 rings (SSSR count). The van der Waals surface area contributed by atoms with E-state index in [-0.39, 0.29) is 36.2 Å². The third-order valence-corrected chi connectivity index (χ3v) is 20.3. The second kappa shape index (κ2) is 23.7. The van der Waals surface area contributed by atoms with Gasteiger partial charge in [-0.15, -0.1) is 61.6 Å². The number of hydrogen-bond acceptors (Lipinski definition) is 18. The van der Waals surface area contributed by atoms with Crippen molar-refractivity contribution in [1.82, 2.24) is 60.3 Å². The monoisotopic (exact) mass is 1230 g/mol. The Labute approximate surface area is 527 Å². The molecule has 6 radical (unpaired) electrons. The highest BCUT2D eigenvalue weighted by Gasteiger charge is 2.54. The summed E-state index contributed by atoms with van der Waals surface area (Å²) in [6.45, 7) is 48.1. The van der Waals surface area contributed by atoms with Gasteiger partial charge in [-0.25, -0.2) is 0 Å².